The summed E-state index contributed by atoms with van der Waals surface area (Å²) in [6.45, 7) is 3.00. The van der Waals surface area contributed by atoms with Crippen molar-refractivity contribution in [2.24, 2.45) is 5.73 Å². The predicted octanol–water partition coefficient (Wildman–Crippen LogP) is 1.27. The quantitative estimate of drug-likeness (QED) is 0.499. The van der Waals surface area contributed by atoms with Gasteiger partial charge in [-0.05, 0) is 64.6 Å². The van der Waals surface area contributed by atoms with E-state index < -0.39 is 5.97 Å². The molecule has 5 N–H and O–H groups in total. The maximum atomic E-state index is 10.3. The standard InChI is InChI=1S/C7H18N2O.C7H10O2/c8-4-1-2-5-9-6-3-7-10;8-7(9)6-4-2-1-3-5-6/h9-10H,1-8H2;4H,1-3,5H2,(H,8,9). The van der Waals surface area contributed by atoms with Crippen LogP contribution in [0.5, 0.6) is 0 Å². The van der Waals surface area contributed by atoms with Gasteiger partial charge in [-0.3, -0.25) is 0 Å². The molecule has 0 spiro atoms. The summed E-state index contributed by atoms with van der Waals surface area (Å²) in [5, 5.41) is 20.1. The smallest absolute Gasteiger partial charge is 0.331 e. The van der Waals surface area contributed by atoms with Gasteiger partial charge in [-0.1, -0.05) is 6.08 Å². The van der Waals surface area contributed by atoms with Gasteiger partial charge < -0.3 is 21.3 Å². The summed E-state index contributed by atoms with van der Waals surface area (Å²) in [5.41, 5.74) is 5.90. The highest BCUT2D eigenvalue weighted by atomic mass is 16.4. The van der Waals surface area contributed by atoms with Gasteiger partial charge in [-0.25, -0.2) is 4.79 Å². The summed E-state index contributed by atoms with van der Waals surface area (Å²) in [7, 11) is 0. The van der Waals surface area contributed by atoms with E-state index in [1.54, 1.807) is 0 Å². The maximum absolute atomic E-state index is 10.3. The number of aliphatic hydroxyl groups is 1. The first-order chi connectivity index (χ1) is 9.22. The molecular formula is C14H28N2O3. The van der Waals surface area contributed by atoms with Crippen LogP contribution < -0.4 is 11.1 Å². The van der Waals surface area contributed by atoms with E-state index in [9.17, 15) is 4.79 Å². The zero-order chi connectivity index (χ0) is 14.3. The molecule has 5 heteroatoms. The number of nitrogens with two attached hydrogens (primary N) is 1. The summed E-state index contributed by atoms with van der Waals surface area (Å²) < 4.78 is 0. The van der Waals surface area contributed by atoms with Gasteiger partial charge in [0.15, 0.2) is 0 Å². The van der Waals surface area contributed by atoms with Gasteiger partial charge in [-0.2, -0.15) is 0 Å². The number of allylic oxidation sites excluding steroid dienone is 1. The molecule has 0 bridgehead atoms. The van der Waals surface area contributed by atoms with Crippen molar-refractivity contribution in [3.63, 3.8) is 0 Å². The third-order valence-electron chi connectivity index (χ3n) is 2.89. The van der Waals surface area contributed by atoms with Crippen LogP contribution in [0.3, 0.4) is 0 Å². The Labute approximate surface area is 115 Å². The fraction of sp³-hybridized carbons (Fsp3) is 0.786. The number of nitrogens with one attached hydrogen (secondary N) is 1. The second-order valence-corrected chi connectivity index (χ2v) is 4.60. The largest absolute Gasteiger partial charge is 0.478 e. The molecule has 0 aromatic carbocycles. The van der Waals surface area contributed by atoms with Gasteiger partial charge >= 0.3 is 5.97 Å². The molecular weight excluding hydrogens is 244 g/mol. The Hall–Kier alpha value is -0.910. The molecule has 112 valence electrons. The lowest BCUT2D eigenvalue weighted by molar-refractivity contribution is -0.132. The third kappa shape index (κ3) is 11.9. The van der Waals surface area contributed by atoms with Crippen LogP contribution in [0, 0.1) is 0 Å². The van der Waals surface area contributed by atoms with Gasteiger partial charge in [-0.15, -0.1) is 0 Å². The van der Waals surface area contributed by atoms with Gasteiger partial charge in [0, 0.05) is 12.2 Å². The van der Waals surface area contributed by atoms with Crippen LogP contribution in [0.2, 0.25) is 0 Å². The topological polar surface area (TPSA) is 95.6 Å². The molecule has 0 atom stereocenters. The average molecular weight is 272 g/mol. The molecule has 19 heavy (non-hydrogen) atoms. The van der Waals surface area contributed by atoms with Crippen LogP contribution in [0.15, 0.2) is 11.6 Å². The minimum absolute atomic E-state index is 0.282. The molecule has 0 aliphatic heterocycles. The number of unbranched alkanes of at least 4 members (excludes halogenated alkanes) is 1. The lowest BCUT2D eigenvalue weighted by atomic mass is 10.0. The number of carboxylic acids is 1. The average Bonchev–Trinajstić information content (AvgIpc) is 2.44. The van der Waals surface area contributed by atoms with Crippen molar-refractivity contribution in [2.75, 3.05) is 26.2 Å². The number of hydrogen-bond acceptors (Lipinski definition) is 4. The van der Waals surface area contributed by atoms with Crippen LogP contribution in [0.1, 0.15) is 44.9 Å². The number of rotatable bonds is 8. The fourth-order valence-electron chi connectivity index (χ4n) is 1.76. The summed E-state index contributed by atoms with van der Waals surface area (Å²) in [5.74, 6) is -0.741. The summed E-state index contributed by atoms with van der Waals surface area (Å²) in [6.07, 6.45) is 8.80. The van der Waals surface area contributed by atoms with E-state index in [2.05, 4.69) is 5.32 Å². The zero-order valence-corrected chi connectivity index (χ0v) is 11.7. The Morgan fingerprint density at radius 2 is 2.00 bits per heavy atom. The minimum Gasteiger partial charge on any atom is -0.478 e. The zero-order valence-electron chi connectivity index (χ0n) is 11.7. The van der Waals surface area contributed by atoms with Crippen molar-refractivity contribution >= 4 is 5.97 Å². The summed E-state index contributed by atoms with van der Waals surface area (Å²) in [6, 6.07) is 0. The molecule has 5 nitrogen and oxygen atoms in total. The van der Waals surface area contributed by atoms with Crippen LogP contribution in [-0.2, 0) is 4.79 Å². The SMILES string of the molecule is NCCCCNCCCO.O=C(O)C1=CCCCC1. The lowest BCUT2D eigenvalue weighted by Crippen LogP contribution is -2.18. The molecule has 0 fully saturated rings. The highest BCUT2D eigenvalue weighted by Gasteiger charge is 2.08. The van der Waals surface area contributed by atoms with E-state index >= 15 is 0 Å². The Balaban J connectivity index is 0.000000342. The van der Waals surface area contributed by atoms with Crippen molar-refractivity contribution in [1.29, 1.82) is 0 Å². The second kappa shape index (κ2) is 13.5. The van der Waals surface area contributed by atoms with Crippen LogP contribution in [0.4, 0.5) is 0 Å². The normalized spacial score (nSPS) is 14.3. The molecule has 0 heterocycles. The number of aliphatic carboxylic acids is 1. The molecule has 1 aliphatic rings. The van der Waals surface area contributed by atoms with Crippen molar-refractivity contribution in [3.8, 4) is 0 Å². The number of hydrogen-bond donors (Lipinski definition) is 4. The van der Waals surface area contributed by atoms with E-state index in [-0.39, 0.29) is 6.61 Å². The molecule has 0 radical (unpaired) electrons. The Morgan fingerprint density at radius 1 is 1.26 bits per heavy atom. The molecule has 1 aliphatic carbocycles. The summed E-state index contributed by atoms with van der Waals surface area (Å²) in [4.78, 5) is 10.3. The highest BCUT2D eigenvalue weighted by molar-refractivity contribution is 5.86. The van der Waals surface area contributed by atoms with E-state index in [1.165, 1.54) is 0 Å². The Bertz CT molecular complexity index is 247. The van der Waals surface area contributed by atoms with Crippen LogP contribution >= 0.6 is 0 Å². The third-order valence-corrected chi connectivity index (χ3v) is 2.89. The van der Waals surface area contributed by atoms with Gasteiger partial charge in [0.1, 0.15) is 0 Å². The fourth-order valence-corrected chi connectivity index (χ4v) is 1.76. The lowest BCUT2D eigenvalue weighted by Gasteiger charge is -2.06. The van der Waals surface area contributed by atoms with Crippen molar-refractivity contribution in [3.05, 3.63) is 11.6 Å². The molecule has 0 saturated carbocycles. The monoisotopic (exact) mass is 272 g/mol. The first-order valence-corrected chi connectivity index (χ1v) is 7.16. The van der Waals surface area contributed by atoms with E-state index in [1.807, 2.05) is 6.08 Å². The number of aliphatic hydroxyl groups excluding tert-OH is 1. The Morgan fingerprint density at radius 3 is 2.47 bits per heavy atom. The van der Waals surface area contributed by atoms with Crippen molar-refractivity contribution in [1.82, 2.24) is 5.32 Å². The molecule has 0 aromatic heterocycles. The summed E-state index contributed by atoms with van der Waals surface area (Å²) >= 11 is 0. The number of carbonyl (C=O) groups is 1. The Kier molecular flexibility index (Phi) is 12.9. The van der Waals surface area contributed by atoms with Crippen molar-refractivity contribution < 1.29 is 15.0 Å². The van der Waals surface area contributed by atoms with E-state index in [0.29, 0.717) is 5.57 Å². The van der Waals surface area contributed by atoms with Crippen LogP contribution in [-0.4, -0.2) is 42.4 Å². The van der Waals surface area contributed by atoms with Crippen LogP contribution in [0.25, 0.3) is 0 Å². The van der Waals surface area contributed by atoms with Gasteiger partial charge in [0.2, 0.25) is 0 Å². The van der Waals surface area contributed by atoms with Gasteiger partial charge in [0.25, 0.3) is 0 Å². The van der Waals surface area contributed by atoms with E-state index in [4.69, 9.17) is 15.9 Å². The van der Waals surface area contributed by atoms with E-state index in [0.717, 1.165) is 64.6 Å². The number of carboxylic acid groups (broad SMARTS) is 1. The first-order valence-electron chi connectivity index (χ1n) is 7.16. The maximum Gasteiger partial charge on any atom is 0.331 e. The minimum atomic E-state index is -0.741. The highest BCUT2D eigenvalue weighted by Crippen LogP contribution is 2.16. The van der Waals surface area contributed by atoms with Crippen molar-refractivity contribution in [2.45, 2.75) is 44.9 Å². The molecule has 0 amide bonds. The molecule has 0 saturated heterocycles. The second-order valence-electron chi connectivity index (χ2n) is 4.60. The van der Waals surface area contributed by atoms with Gasteiger partial charge in [0.05, 0.1) is 0 Å². The molecule has 1 rings (SSSR count). The molecule has 0 unspecified atom stereocenters. The predicted molar refractivity (Wildman–Crippen MR) is 77.0 cm³/mol. The first kappa shape index (κ1) is 18.1. The molecule has 0 aromatic rings.